The number of carbonyl (C=O) groups is 4. The summed E-state index contributed by atoms with van der Waals surface area (Å²) < 4.78 is 68.5. The predicted molar refractivity (Wildman–Crippen MR) is 386 cm³/mol. The number of aliphatic hydroxyl groups is 1. The maximum atomic E-state index is 13.1. The molecule has 95 heavy (non-hydrogen) atoms. The van der Waals surface area contributed by atoms with Gasteiger partial charge in [-0.15, -0.1) is 0 Å². The SMILES string of the molecule is CCCCCC/C=C\C=C/CCCCCCCC(=O)OC[C@H](COP(=O)(O)OC[C@@H](O)COP(=O)(O)OC[C@@H](COC(=O)CCCCCCCCCCC(C)C)OC(=O)CCCCCCCCCCCCCCC)OC(=O)CCCCCCCCCCCCCCCCCC. The Kier molecular flexibility index (Phi) is 66.9. The molecule has 0 amide bonds. The van der Waals surface area contributed by atoms with Gasteiger partial charge in [-0.3, -0.25) is 37.3 Å². The van der Waals surface area contributed by atoms with Gasteiger partial charge in [0.25, 0.3) is 0 Å². The van der Waals surface area contributed by atoms with Gasteiger partial charge in [0.15, 0.2) is 12.2 Å². The maximum Gasteiger partial charge on any atom is 0.472 e. The number of rotatable bonds is 74. The van der Waals surface area contributed by atoms with E-state index in [4.69, 9.17) is 37.0 Å². The van der Waals surface area contributed by atoms with Gasteiger partial charge >= 0.3 is 39.5 Å². The first-order valence-electron chi connectivity index (χ1n) is 39.0. The molecule has 19 heteroatoms. The zero-order valence-electron chi connectivity index (χ0n) is 61.3. The van der Waals surface area contributed by atoms with Crippen LogP contribution in [0.1, 0.15) is 375 Å². The number of phosphoric ester groups is 2. The van der Waals surface area contributed by atoms with E-state index in [1.807, 2.05) is 0 Å². The highest BCUT2D eigenvalue weighted by atomic mass is 31.2. The van der Waals surface area contributed by atoms with Crippen molar-refractivity contribution in [3.63, 3.8) is 0 Å². The Morgan fingerprint density at radius 2 is 0.568 bits per heavy atom. The van der Waals surface area contributed by atoms with E-state index in [9.17, 15) is 43.2 Å². The van der Waals surface area contributed by atoms with E-state index in [1.54, 1.807) is 0 Å². The summed E-state index contributed by atoms with van der Waals surface area (Å²) in [5.74, 6) is -1.42. The van der Waals surface area contributed by atoms with Crippen molar-refractivity contribution in [1.82, 2.24) is 0 Å². The number of ether oxygens (including phenoxy) is 4. The molecule has 0 aromatic rings. The van der Waals surface area contributed by atoms with Gasteiger partial charge in [-0.2, -0.15) is 0 Å². The Morgan fingerprint density at radius 3 is 0.863 bits per heavy atom. The second-order valence-corrected chi connectivity index (χ2v) is 30.1. The zero-order chi connectivity index (χ0) is 69.8. The van der Waals surface area contributed by atoms with Gasteiger partial charge in [-0.05, 0) is 57.3 Å². The van der Waals surface area contributed by atoms with Crippen molar-refractivity contribution >= 4 is 39.5 Å². The fraction of sp³-hybridized carbons (Fsp3) is 0.895. The molecule has 0 bridgehead atoms. The summed E-state index contributed by atoms with van der Waals surface area (Å²) in [5.41, 5.74) is 0. The summed E-state index contributed by atoms with van der Waals surface area (Å²) in [6, 6.07) is 0. The normalized spacial score (nSPS) is 14.1. The first kappa shape index (κ1) is 92.5. The van der Waals surface area contributed by atoms with Gasteiger partial charge in [0.05, 0.1) is 26.4 Å². The zero-order valence-corrected chi connectivity index (χ0v) is 63.1. The van der Waals surface area contributed by atoms with Crippen LogP contribution in [-0.2, 0) is 65.4 Å². The third-order valence-electron chi connectivity index (χ3n) is 17.2. The van der Waals surface area contributed by atoms with Crippen molar-refractivity contribution in [2.75, 3.05) is 39.6 Å². The molecular weight excluding hydrogens is 1250 g/mol. The minimum absolute atomic E-state index is 0.102. The third kappa shape index (κ3) is 69.8. The summed E-state index contributed by atoms with van der Waals surface area (Å²) in [5, 5.41) is 10.6. The van der Waals surface area contributed by atoms with Gasteiger partial charge in [0, 0.05) is 25.7 Å². The molecule has 3 N–H and O–H groups in total. The van der Waals surface area contributed by atoms with Gasteiger partial charge in [0.2, 0.25) is 0 Å². The number of carbonyl (C=O) groups excluding carboxylic acids is 4. The lowest BCUT2D eigenvalue weighted by Gasteiger charge is -2.21. The van der Waals surface area contributed by atoms with Gasteiger partial charge in [-0.25, -0.2) is 9.13 Å². The summed E-state index contributed by atoms with van der Waals surface area (Å²) in [7, 11) is -9.92. The quantitative estimate of drug-likeness (QED) is 0.0169. The molecule has 0 rings (SSSR count). The highest BCUT2D eigenvalue weighted by molar-refractivity contribution is 7.47. The lowest BCUT2D eigenvalue weighted by Crippen LogP contribution is -2.30. The van der Waals surface area contributed by atoms with E-state index in [1.165, 1.54) is 180 Å². The lowest BCUT2D eigenvalue weighted by atomic mass is 10.0. The highest BCUT2D eigenvalue weighted by Crippen LogP contribution is 2.45. The number of hydrogen-bond donors (Lipinski definition) is 3. The van der Waals surface area contributed by atoms with E-state index < -0.39 is 97.5 Å². The summed E-state index contributed by atoms with van der Waals surface area (Å²) in [6.07, 6.45) is 60.4. The molecule has 2 unspecified atom stereocenters. The summed E-state index contributed by atoms with van der Waals surface area (Å²) in [6.45, 7) is 7.20. The van der Waals surface area contributed by atoms with Gasteiger partial charge < -0.3 is 33.8 Å². The summed E-state index contributed by atoms with van der Waals surface area (Å²) >= 11 is 0. The number of aliphatic hydroxyl groups excluding tert-OH is 1. The molecule has 0 aliphatic carbocycles. The molecule has 0 fully saturated rings. The van der Waals surface area contributed by atoms with E-state index in [-0.39, 0.29) is 25.7 Å². The Bertz CT molecular complexity index is 1920. The summed E-state index contributed by atoms with van der Waals surface area (Å²) in [4.78, 5) is 72.8. The molecule has 560 valence electrons. The monoisotopic (exact) mass is 1390 g/mol. The van der Waals surface area contributed by atoms with Crippen LogP contribution in [0.4, 0.5) is 0 Å². The molecule has 0 spiro atoms. The second kappa shape index (κ2) is 68.7. The van der Waals surface area contributed by atoms with Gasteiger partial charge in [-0.1, -0.05) is 322 Å². The van der Waals surface area contributed by atoms with Crippen LogP contribution in [0.25, 0.3) is 0 Å². The largest absolute Gasteiger partial charge is 0.472 e. The Labute approximate surface area is 580 Å². The first-order chi connectivity index (χ1) is 46.0. The Morgan fingerprint density at radius 1 is 0.326 bits per heavy atom. The number of hydrogen-bond acceptors (Lipinski definition) is 15. The van der Waals surface area contributed by atoms with Crippen molar-refractivity contribution in [1.29, 1.82) is 0 Å². The Balaban J connectivity index is 5.29. The molecule has 0 aromatic carbocycles. The van der Waals surface area contributed by atoms with Crippen LogP contribution >= 0.6 is 15.6 Å². The number of unbranched alkanes of at least 4 members (excludes halogenated alkanes) is 43. The van der Waals surface area contributed by atoms with E-state index in [2.05, 4.69) is 58.9 Å². The second-order valence-electron chi connectivity index (χ2n) is 27.2. The molecule has 0 aliphatic heterocycles. The number of allylic oxidation sites excluding steroid dienone is 4. The minimum Gasteiger partial charge on any atom is -0.462 e. The van der Waals surface area contributed by atoms with Crippen LogP contribution in [0.5, 0.6) is 0 Å². The molecule has 5 atom stereocenters. The number of esters is 4. The van der Waals surface area contributed by atoms with Crippen molar-refractivity contribution < 1.29 is 80.2 Å². The van der Waals surface area contributed by atoms with Crippen LogP contribution in [0, 0.1) is 5.92 Å². The van der Waals surface area contributed by atoms with Crippen molar-refractivity contribution in [3.8, 4) is 0 Å². The van der Waals surface area contributed by atoms with E-state index in [0.717, 1.165) is 115 Å². The molecule has 0 aliphatic rings. The minimum atomic E-state index is -4.96. The molecule has 0 radical (unpaired) electrons. The predicted octanol–water partition coefficient (Wildman–Crippen LogP) is 22.0. The van der Waals surface area contributed by atoms with Crippen molar-refractivity contribution in [2.24, 2.45) is 5.92 Å². The van der Waals surface area contributed by atoms with Crippen LogP contribution in [0.2, 0.25) is 0 Å². The van der Waals surface area contributed by atoms with Crippen LogP contribution in [0.3, 0.4) is 0 Å². The molecule has 0 saturated heterocycles. The number of phosphoric acid groups is 2. The fourth-order valence-corrected chi connectivity index (χ4v) is 12.7. The molecular formula is C76H144O17P2. The molecule has 0 aromatic heterocycles. The topological polar surface area (TPSA) is 237 Å². The smallest absolute Gasteiger partial charge is 0.462 e. The van der Waals surface area contributed by atoms with Crippen molar-refractivity contribution in [2.45, 2.75) is 393 Å². The lowest BCUT2D eigenvalue weighted by molar-refractivity contribution is -0.161. The van der Waals surface area contributed by atoms with Crippen molar-refractivity contribution in [3.05, 3.63) is 24.3 Å². The first-order valence-corrected chi connectivity index (χ1v) is 41.9. The van der Waals surface area contributed by atoms with E-state index in [0.29, 0.717) is 25.7 Å². The van der Waals surface area contributed by atoms with Crippen LogP contribution in [0.15, 0.2) is 24.3 Å². The standard InChI is InChI=1S/C76H144O17P2/c1-6-9-12-15-18-21-24-27-29-31-34-37-40-47-52-57-62-76(81)92-71(65-86-73(78)59-54-49-44-38-35-33-30-28-25-22-19-16-13-10-7-2)67-90-94(82,83)88-63-70(77)64-89-95(84,85)91-68-72(66-87-74(79)60-55-50-45-42-41-43-48-53-58-69(4)5)93-75(80)61-56-51-46-39-36-32-26-23-20-17-14-11-8-3/h22,25,28,30,69-72,77H,6-21,23-24,26-27,29,31-68H2,1-5H3,(H,82,83)(H,84,85)/b25-22-,30-28-/t70-,71-,72-/m1/s1. The molecule has 0 saturated carbocycles. The molecule has 17 nitrogen and oxygen atoms in total. The average Bonchev–Trinajstić information content (AvgIpc) is 1.52. The average molecular weight is 1390 g/mol. The van der Waals surface area contributed by atoms with E-state index >= 15 is 0 Å². The highest BCUT2D eigenvalue weighted by Gasteiger charge is 2.30. The van der Waals surface area contributed by atoms with Gasteiger partial charge in [0.1, 0.15) is 19.3 Å². The maximum absolute atomic E-state index is 13.1. The third-order valence-corrected chi connectivity index (χ3v) is 19.1. The van der Waals surface area contributed by atoms with Crippen LogP contribution < -0.4 is 0 Å². The van der Waals surface area contributed by atoms with Crippen LogP contribution in [-0.4, -0.2) is 96.7 Å². The fourth-order valence-electron chi connectivity index (χ4n) is 11.2. The molecule has 0 heterocycles. The Hall–Kier alpha value is -2.46.